The maximum atomic E-state index is 14.0. The van der Waals surface area contributed by atoms with Gasteiger partial charge in [-0.15, -0.1) is 0 Å². The van der Waals surface area contributed by atoms with E-state index in [1.165, 1.54) is 24.1 Å². The van der Waals surface area contributed by atoms with E-state index in [0.717, 1.165) is 26.6 Å². The molecule has 3 rings (SSSR count). The van der Waals surface area contributed by atoms with Crippen LogP contribution in [0.3, 0.4) is 0 Å². The van der Waals surface area contributed by atoms with Crippen molar-refractivity contribution in [3.05, 3.63) is 95.1 Å². The van der Waals surface area contributed by atoms with Crippen molar-refractivity contribution in [3.63, 3.8) is 0 Å². The van der Waals surface area contributed by atoms with Gasteiger partial charge in [0.05, 0.1) is 10.6 Å². The molecule has 1 N–H and O–H groups in total. The molecule has 1 unspecified atom stereocenters. The number of hydrogen-bond donors (Lipinski definition) is 1. The summed E-state index contributed by atoms with van der Waals surface area (Å²) >= 11 is 0. The second-order valence-electron chi connectivity index (χ2n) is 9.16. The van der Waals surface area contributed by atoms with E-state index in [-0.39, 0.29) is 17.3 Å². The third-order valence-corrected chi connectivity index (χ3v) is 8.13. The van der Waals surface area contributed by atoms with Gasteiger partial charge in [0, 0.05) is 13.6 Å². The summed E-state index contributed by atoms with van der Waals surface area (Å²) < 4.78 is 28.8. The van der Waals surface area contributed by atoms with Gasteiger partial charge in [-0.3, -0.25) is 13.9 Å². The molecule has 0 radical (unpaired) electrons. The van der Waals surface area contributed by atoms with E-state index >= 15 is 0 Å². The first-order chi connectivity index (χ1) is 17.6. The summed E-state index contributed by atoms with van der Waals surface area (Å²) in [7, 11) is -2.54. The van der Waals surface area contributed by atoms with Crippen LogP contribution in [-0.4, -0.2) is 44.8 Å². The highest BCUT2D eigenvalue weighted by atomic mass is 32.2. The van der Waals surface area contributed by atoms with Crippen LogP contribution in [-0.2, 0) is 26.2 Å². The third kappa shape index (κ3) is 6.57. The van der Waals surface area contributed by atoms with Gasteiger partial charge in [-0.25, -0.2) is 8.42 Å². The van der Waals surface area contributed by atoms with Gasteiger partial charge in [0.15, 0.2) is 0 Å². The fourth-order valence-corrected chi connectivity index (χ4v) is 5.82. The molecule has 3 aromatic rings. The average molecular weight is 522 g/mol. The van der Waals surface area contributed by atoms with Gasteiger partial charge in [-0.05, 0) is 73.7 Å². The number of carbonyl (C=O) groups is 2. The first-order valence-electron chi connectivity index (χ1n) is 12.3. The Labute approximate surface area is 220 Å². The molecule has 0 saturated carbocycles. The second-order valence-corrected chi connectivity index (χ2v) is 11.0. The zero-order chi connectivity index (χ0) is 27.2. The van der Waals surface area contributed by atoms with Crippen molar-refractivity contribution in [3.8, 4) is 0 Å². The Kier molecular flexibility index (Phi) is 9.10. The second kappa shape index (κ2) is 12.1. The highest BCUT2D eigenvalue weighted by molar-refractivity contribution is 7.92. The Hall–Kier alpha value is -3.65. The fourth-order valence-electron chi connectivity index (χ4n) is 4.40. The number of rotatable bonds is 10. The van der Waals surface area contributed by atoms with Crippen LogP contribution in [0.25, 0.3) is 0 Å². The molecule has 8 heteroatoms. The molecule has 3 aromatic carbocycles. The van der Waals surface area contributed by atoms with E-state index in [2.05, 4.69) is 5.32 Å². The highest BCUT2D eigenvalue weighted by Gasteiger charge is 2.33. The van der Waals surface area contributed by atoms with Gasteiger partial charge in [-0.1, -0.05) is 55.5 Å². The molecule has 0 heterocycles. The molecule has 37 heavy (non-hydrogen) atoms. The van der Waals surface area contributed by atoms with Crippen molar-refractivity contribution in [1.29, 1.82) is 0 Å². The quantitative estimate of drug-likeness (QED) is 0.430. The Balaban J connectivity index is 2.10. The number of amides is 2. The maximum Gasteiger partial charge on any atom is 0.264 e. The maximum absolute atomic E-state index is 14.0. The molecule has 0 bridgehead atoms. The lowest BCUT2D eigenvalue weighted by atomic mass is 10.1. The minimum Gasteiger partial charge on any atom is -0.357 e. The smallest absolute Gasteiger partial charge is 0.264 e. The van der Waals surface area contributed by atoms with Crippen molar-refractivity contribution in [2.24, 2.45) is 0 Å². The van der Waals surface area contributed by atoms with Gasteiger partial charge < -0.3 is 10.2 Å². The molecule has 2 amide bonds. The Morgan fingerprint density at radius 2 is 1.49 bits per heavy atom. The summed E-state index contributed by atoms with van der Waals surface area (Å²) in [5.74, 6) is -0.759. The van der Waals surface area contributed by atoms with E-state index < -0.39 is 28.5 Å². The summed E-state index contributed by atoms with van der Waals surface area (Å²) in [6.07, 6.45) is 0.381. The van der Waals surface area contributed by atoms with Crippen LogP contribution in [0.5, 0.6) is 0 Å². The zero-order valence-electron chi connectivity index (χ0n) is 22.1. The molecule has 7 nitrogen and oxygen atoms in total. The van der Waals surface area contributed by atoms with E-state index in [1.807, 2.05) is 58.0 Å². The van der Waals surface area contributed by atoms with Crippen LogP contribution >= 0.6 is 0 Å². The number of sulfonamides is 1. The van der Waals surface area contributed by atoms with E-state index in [9.17, 15) is 18.0 Å². The Morgan fingerprint density at radius 1 is 0.892 bits per heavy atom. The number of likely N-dealkylation sites (N-methyl/N-ethyl adjacent to an activating group) is 1. The third-order valence-electron chi connectivity index (χ3n) is 6.34. The van der Waals surface area contributed by atoms with Crippen LogP contribution in [0.15, 0.2) is 77.7 Å². The molecule has 0 aliphatic heterocycles. The molecule has 0 aliphatic carbocycles. The predicted molar refractivity (Wildman–Crippen MR) is 147 cm³/mol. The highest BCUT2D eigenvalue weighted by Crippen LogP contribution is 2.27. The fraction of sp³-hybridized carbons (Fsp3) is 0.310. The Morgan fingerprint density at radius 3 is 2.05 bits per heavy atom. The minimum atomic E-state index is -4.07. The van der Waals surface area contributed by atoms with Gasteiger partial charge in [0.1, 0.15) is 12.6 Å². The molecule has 0 saturated heterocycles. The Bertz CT molecular complexity index is 1340. The number of anilines is 1. The number of benzene rings is 3. The summed E-state index contributed by atoms with van der Waals surface area (Å²) in [4.78, 5) is 28.3. The lowest BCUT2D eigenvalue weighted by Crippen LogP contribution is -2.51. The summed E-state index contributed by atoms with van der Waals surface area (Å²) in [6, 6.07) is 20.4. The standard InChI is InChI=1S/C29H35N3O4S/c1-6-27(29(34)30-5)31(19-24-13-11-10-12-23(24)4)28(33)20-32(25-17-21(2)16-22(3)18-25)37(35,36)26-14-8-7-9-15-26/h7-18,27H,6,19-20H2,1-5H3,(H,30,34). The molecule has 1 atom stereocenters. The van der Waals surface area contributed by atoms with Crippen molar-refractivity contribution in [1.82, 2.24) is 10.2 Å². The van der Waals surface area contributed by atoms with Crippen LogP contribution in [0.1, 0.15) is 35.6 Å². The number of carbonyl (C=O) groups excluding carboxylic acids is 2. The molecular formula is C29H35N3O4S. The largest absolute Gasteiger partial charge is 0.357 e. The van der Waals surface area contributed by atoms with Crippen LogP contribution in [0, 0.1) is 20.8 Å². The monoisotopic (exact) mass is 521 g/mol. The zero-order valence-corrected chi connectivity index (χ0v) is 22.9. The van der Waals surface area contributed by atoms with Crippen LogP contribution < -0.4 is 9.62 Å². The molecule has 0 aromatic heterocycles. The van der Waals surface area contributed by atoms with Crippen molar-refractivity contribution >= 4 is 27.5 Å². The van der Waals surface area contributed by atoms with Crippen LogP contribution in [0.4, 0.5) is 5.69 Å². The topological polar surface area (TPSA) is 86.8 Å². The van der Waals surface area contributed by atoms with Crippen molar-refractivity contribution in [2.45, 2.75) is 51.6 Å². The van der Waals surface area contributed by atoms with Gasteiger partial charge in [0.25, 0.3) is 10.0 Å². The summed E-state index contributed by atoms with van der Waals surface area (Å²) in [5.41, 5.74) is 4.03. The number of hydrogen-bond acceptors (Lipinski definition) is 4. The van der Waals surface area contributed by atoms with E-state index in [0.29, 0.717) is 12.1 Å². The number of nitrogens with zero attached hydrogens (tertiary/aromatic N) is 2. The molecular weight excluding hydrogens is 486 g/mol. The first-order valence-corrected chi connectivity index (χ1v) is 13.7. The molecule has 0 aliphatic rings. The molecule has 196 valence electrons. The number of aryl methyl sites for hydroxylation is 3. The van der Waals surface area contributed by atoms with Gasteiger partial charge in [0.2, 0.25) is 11.8 Å². The van der Waals surface area contributed by atoms with Crippen molar-refractivity contribution < 1.29 is 18.0 Å². The minimum absolute atomic E-state index is 0.0887. The van der Waals surface area contributed by atoms with Crippen molar-refractivity contribution in [2.75, 3.05) is 17.9 Å². The molecule has 0 spiro atoms. The summed E-state index contributed by atoms with van der Waals surface area (Å²) in [6.45, 7) is 7.29. The summed E-state index contributed by atoms with van der Waals surface area (Å²) in [5, 5.41) is 2.64. The lowest BCUT2D eigenvalue weighted by Gasteiger charge is -2.33. The predicted octanol–water partition coefficient (Wildman–Crippen LogP) is 4.36. The van der Waals surface area contributed by atoms with Crippen LogP contribution in [0.2, 0.25) is 0 Å². The number of nitrogens with one attached hydrogen (secondary N) is 1. The van der Waals surface area contributed by atoms with E-state index in [4.69, 9.17) is 0 Å². The van der Waals surface area contributed by atoms with Gasteiger partial charge in [-0.2, -0.15) is 0 Å². The van der Waals surface area contributed by atoms with Gasteiger partial charge >= 0.3 is 0 Å². The van der Waals surface area contributed by atoms with E-state index in [1.54, 1.807) is 30.3 Å². The lowest BCUT2D eigenvalue weighted by molar-refractivity contribution is -0.140. The normalized spacial score (nSPS) is 12.0. The SMILES string of the molecule is CCC(C(=O)NC)N(Cc1ccccc1C)C(=O)CN(c1cc(C)cc(C)c1)S(=O)(=O)c1ccccc1. The average Bonchev–Trinajstić information content (AvgIpc) is 2.87. The molecule has 0 fully saturated rings. The first kappa shape index (κ1) is 27.9.